The maximum absolute atomic E-state index is 12.9. The second-order valence-electron chi connectivity index (χ2n) is 6.74. The van der Waals surface area contributed by atoms with Gasteiger partial charge in [0, 0.05) is 12.1 Å². The molecule has 0 atom stereocenters. The van der Waals surface area contributed by atoms with Crippen molar-refractivity contribution < 1.29 is 23.9 Å². The average molecular weight is 384 g/mol. The summed E-state index contributed by atoms with van der Waals surface area (Å²) in [5.41, 5.74) is 1.66. The number of methoxy groups -OCH3 is 2. The van der Waals surface area contributed by atoms with E-state index in [-0.39, 0.29) is 12.1 Å². The highest BCUT2D eigenvalue weighted by molar-refractivity contribution is 6.31. The Kier molecular flexibility index (Phi) is 6.13. The third-order valence-electron chi connectivity index (χ3n) is 4.96. The Morgan fingerprint density at radius 3 is 2.64 bits per heavy atom. The first-order chi connectivity index (χ1) is 13.5. The van der Waals surface area contributed by atoms with Crippen molar-refractivity contribution in [2.75, 3.05) is 20.8 Å². The van der Waals surface area contributed by atoms with Gasteiger partial charge in [0.25, 0.3) is 11.8 Å². The molecular formula is C21H24N2O5. The molecule has 1 aromatic carbocycles. The predicted molar refractivity (Wildman–Crippen MR) is 104 cm³/mol. The van der Waals surface area contributed by atoms with Crippen molar-refractivity contribution in [3.05, 3.63) is 41.0 Å². The van der Waals surface area contributed by atoms with Gasteiger partial charge in [0.1, 0.15) is 17.1 Å². The van der Waals surface area contributed by atoms with Crippen molar-refractivity contribution >= 4 is 23.9 Å². The maximum atomic E-state index is 12.9. The number of benzene rings is 1. The summed E-state index contributed by atoms with van der Waals surface area (Å²) in [6.45, 7) is 0.246. The number of rotatable bonds is 6. The van der Waals surface area contributed by atoms with Crippen molar-refractivity contribution in [1.82, 2.24) is 10.2 Å². The molecule has 3 rings (SSSR count). The minimum atomic E-state index is -0.715. The number of urea groups is 1. The van der Waals surface area contributed by atoms with E-state index in [0.29, 0.717) is 23.5 Å². The van der Waals surface area contributed by atoms with E-state index in [4.69, 9.17) is 9.47 Å². The first-order valence-corrected chi connectivity index (χ1v) is 9.32. The van der Waals surface area contributed by atoms with Gasteiger partial charge in [-0.15, -0.1) is 0 Å². The molecule has 4 amide bonds. The topological polar surface area (TPSA) is 84.9 Å². The number of nitrogens with zero attached hydrogens (tertiary/aromatic N) is 1. The predicted octanol–water partition coefficient (Wildman–Crippen LogP) is 3.06. The standard InChI is InChI=1S/C21H24N2O5/c1-27-16-8-9-18(28-2)15(12-16)13-17-19(24)22-21(26)23(20(17)25)11-10-14-6-4-3-5-7-14/h6,8-9,12-13H,3-5,7,10-11H2,1-2H3,(H,22,24,26)/b17-13+. The fourth-order valence-electron chi connectivity index (χ4n) is 3.39. The summed E-state index contributed by atoms with van der Waals surface area (Å²) in [6.07, 6.45) is 8.57. The summed E-state index contributed by atoms with van der Waals surface area (Å²) >= 11 is 0. The number of ether oxygens (including phenoxy) is 2. The van der Waals surface area contributed by atoms with E-state index < -0.39 is 17.8 Å². The van der Waals surface area contributed by atoms with Crippen molar-refractivity contribution in [3.8, 4) is 11.5 Å². The number of amides is 4. The van der Waals surface area contributed by atoms with Gasteiger partial charge in [-0.05, 0) is 56.4 Å². The molecule has 1 fully saturated rings. The van der Waals surface area contributed by atoms with Crippen LogP contribution in [-0.4, -0.2) is 43.5 Å². The molecule has 1 N–H and O–H groups in total. The van der Waals surface area contributed by atoms with Gasteiger partial charge in [0.05, 0.1) is 14.2 Å². The van der Waals surface area contributed by atoms with Crippen LogP contribution in [0.15, 0.2) is 35.4 Å². The van der Waals surface area contributed by atoms with E-state index >= 15 is 0 Å². The Bertz CT molecular complexity index is 856. The molecule has 1 aliphatic carbocycles. The van der Waals surface area contributed by atoms with Crippen LogP contribution in [0.25, 0.3) is 6.08 Å². The SMILES string of the molecule is COc1ccc(OC)c(/C=C2\C(=O)NC(=O)N(CCC3=CCCCC3)C2=O)c1. The molecule has 0 radical (unpaired) electrons. The van der Waals surface area contributed by atoms with E-state index in [9.17, 15) is 14.4 Å². The number of carbonyl (C=O) groups is 3. The third-order valence-corrected chi connectivity index (χ3v) is 4.96. The number of allylic oxidation sites excluding steroid dienone is 1. The van der Waals surface area contributed by atoms with Crippen LogP contribution in [0, 0.1) is 0 Å². The zero-order valence-corrected chi connectivity index (χ0v) is 16.1. The molecule has 2 aliphatic rings. The number of hydrogen-bond acceptors (Lipinski definition) is 5. The fourth-order valence-corrected chi connectivity index (χ4v) is 3.39. The van der Waals surface area contributed by atoms with Gasteiger partial charge in [0.15, 0.2) is 0 Å². The Balaban J connectivity index is 1.85. The number of barbiturate groups is 1. The molecule has 1 heterocycles. The summed E-state index contributed by atoms with van der Waals surface area (Å²) in [5.74, 6) is -0.263. The van der Waals surface area contributed by atoms with Gasteiger partial charge in [-0.3, -0.25) is 19.8 Å². The molecule has 0 saturated carbocycles. The van der Waals surface area contributed by atoms with E-state index in [1.807, 2.05) is 0 Å². The van der Waals surface area contributed by atoms with Crippen LogP contribution in [-0.2, 0) is 9.59 Å². The molecule has 1 saturated heterocycles. The second kappa shape index (κ2) is 8.73. The highest BCUT2D eigenvalue weighted by Crippen LogP contribution is 2.27. The molecule has 1 aromatic rings. The van der Waals surface area contributed by atoms with Crippen molar-refractivity contribution in [2.24, 2.45) is 0 Å². The minimum Gasteiger partial charge on any atom is -0.497 e. The van der Waals surface area contributed by atoms with Gasteiger partial charge < -0.3 is 9.47 Å². The van der Waals surface area contributed by atoms with E-state index in [0.717, 1.165) is 24.2 Å². The van der Waals surface area contributed by atoms with Crippen molar-refractivity contribution in [1.29, 1.82) is 0 Å². The Labute approximate surface area is 164 Å². The zero-order chi connectivity index (χ0) is 20.1. The molecule has 28 heavy (non-hydrogen) atoms. The molecule has 0 aromatic heterocycles. The van der Waals surface area contributed by atoms with Crippen LogP contribution in [0.1, 0.15) is 37.7 Å². The normalized spacial score (nSPS) is 18.8. The van der Waals surface area contributed by atoms with Crippen LogP contribution in [0.3, 0.4) is 0 Å². The molecule has 0 bridgehead atoms. The molecule has 0 spiro atoms. The van der Waals surface area contributed by atoms with E-state index in [1.165, 1.54) is 32.3 Å². The Hall–Kier alpha value is -3.09. The zero-order valence-electron chi connectivity index (χ0n) is 16.1. The van der Waals surface area contributed by atoms with E-state index in [1.54, 1.807) is 18.2 Å². The lowest BCUT2D eigenvalue weighted by atomic mass is 9.97. The van der Waals surface area contributed by atoms with Crippen molar-refractivity contribution in [2.45, 2.75) is 32.1 Å². The maximum Gasteiger partial charge on any atom is 0.331 e. The lowest BCUT2D eigenvalue weighted by molar-refractivity contribution is -0.130. The second-order valence-corrected chi connectivity index (χ2v) is 6.74. The smallest absolute Gasteiger partial charge is 0.331 e. The molecule has 1 aliphatic heterocycles. The van der Waals surface area contributed by atoms with Gasteiger partial charge in [-0.1, -0.05) is 11.6 Å². The number of carbonyl (C=O) groups excluding carboxylic acids is 3. The summed E-state index contributed by atoms with van der Waals surface area (Å²) in [5, 5.41) is 2.25. The first-order valence-electron chi connectivity index (χ1n) is 9.32. The summed E-state index contributed by atoms with van der Waals surface area (Å²) < 4.78 is 10.5. The summed E-state index contributed by atoms with van der Waals surface area (Å²) in [4.78, 5) is 38.4. The van der Waals surface area contributed by atoms with E-state index in [2.05, 4.69) is 11.4 Å². The fraction of sp³-hybridized carbons (Fsp3) is 0.381. The third kappa shape index (κ3) is 4.24. The molecular weight excluding hydrogens is 360 g/mol. The van der Waals surface area contributed by atoms with Crippen LogP contribution < -0.4 is 14.8 Å². The lowest BCUT2D eigenvalue weighted by Crippen LogP contribution is -2.54. The number of nitrogens with one attached hydrogen (secondary N) is 1. The summed E-state index contributed by atoms with van der Waals surface area (Å²) in [6, 6.07) is 4.40. The largest absolute Gasteiger partial charge is 0.497 e. The van der Waals surface area contributed by atoms with Gasteiger partial charge in [-0.2, -0.15) is 0 Å². The highest BCUT2D eigenvalue weighted by Gasteiger charge is 2.35. The van der Waals surface area contributed by atoms with Crippen LogP contribution in [0.4, 0.5) is 4.79 Å². The van der Waals surface area contributed by atoms with Crippen LogP contribution in [0.2, 0.25) is 0 Å². The number of hydrogen-bond donors (Lipinski definition) is 1. The van der Waals surface area contributed by atoms with Crippen LogP contribution >= 0.6 is 0 Å². The minimum absolute atomic E-state index is 0.108. The Morgan fingerprint density at radius 1 is 1.14 bits per heavy atom. The highest BCUT2D eigenvalue weighted by atomic mass is 16.5. The molecule has 7 heteroatoms. The summed E-state index contributed by atoms with van der Waals surface area (Å²) in [7, 11) is 3.03. The Morgan fingerprint density at radius 2 is 1.96 bits per heavy atom. The molecule has 0 unspecified atom stereocenters. The van der Waals surface area contributed by atoms with Gasteiger partial charge in [-0.25, -0.2) is 4.79 Å². The lowest BCUT2D eigenvalue weighted by Gasteiger charge is -2.27. The monoisotopic (exact) mass is 384 g/mol. The number of imide groups is 2. The first kappa shape index (κ1) is 19.7. The molecule has 148 valence electrons. The quantitative estimate of drug-likeness (QED) is 0.463. The van der Waals surface area contributed by atoms with Gasteiger partial charge in [0.2, 0.25) is 0 Å². The van der Waals surface area contributed by atoms with Crippen molar-refractivity contribution in [3.63, 3.8) is 0 Å². The van der Waals surface area contributed by atoms with Crippen LogP contribution in [0.5, 0.6) is 11.5 Å². The average Bonchev–Trinajstić information content (AvgIpc) is 2.71. The molecule has 7 nitrogen and oxygen atoms in total. The van der Waals surface area contributed by atoms with Gasteiger partial charge >= 0.3 is 6.03 Å².